The SMILES string of the molecule is OCCc1cnc(-c2cccnc2)[nH]1. The molecule has 0 aliphatic carbocycles. The van der Waals surface area contributed by atoms with Crippen LogP contribution in [0.4, 0.5) is 0 Å². The maximum atomic E-state index is 8.74. The average molecular weight is 189 g/mol. The van der Waals surface area contributed by atoms with Crippen molar-refractivity contribution in [3.05, 3.63) is 36.4 Å². The summed E-state index contributed by atoms with van der Waals surface area (Å²) < 4.78 is 0. The largest absolute Gasteiger partial charge is 0.396 e. The van der Waals surface area contributed by atoms with E-state index in [1.54, 1.807) is 18.6 Å². The highest BCUT2D eigenvalue weighted by atomic mass is 16.3. The molecule has 2 aromatic heterocycles. The number of aromatic amines is 1. The summed E-state index contributed by atoms with van der Waals surface area (Å²) in [4.78, 5) is 11.3. The topological polar surface area (TPSA) is 61.8 Å². The fraction of sp³-hybridized carbons (Fsp3) is 0.200. The highest BCUT2D eigenvalue weighted by Crippen LogP contribution is 2.13. The van der Waals surface area contributed by atoms with E-state index in [0.717, 1.165) is 17.1 Å². The highest BCUT2D eigenvalue weighted by molar-refractivity contribution is 5.53. The van der Waals surface area contributed by atoms with Gasteiger partial charge in [-0.05, 0) is 12.1 Å². The number of aliphatic hydroxyl groups is 1. The van der Waals surface area contributed by atoms with Gasteiger partial charge in [-0.2, -0.15) is 0 Å². The summed E-state index contributed by atoms with van der Waals surface area (Å²) in [5, 5.41) is 8.74. The van der Waals surface area contributed by atoms with Crippen LogP contribution in [0.2, 0.25) is 0 Å². The molecule has 14 heavy (non-hydrogen) atoms. The molecule has 2 N–H and O–H groups in total. The summed E-state index contributed by atoms with van der Waals surface area (Å²) >= 11 is 0. The van der Waals surface area contributed by atoms with Crippen LogP contribution in [0.3, 0.4) is 0 Å². The number of nitrogens with one attached hydrogen (secondary N) is 1. The number of aromatic nitrogens is 3. The molecular weight excluding hydrogens is 178 g/mol. The van der Waals surface area contributed by atoms with E-state index in [1.807, 2.05) is 12.1 Å². The Bertz CT molecular complexity index is 397. The molecule has 2 heterocycles. The quantitative estimate of drug-likeness (QED) is 0.757. The third kappa shape index (κ3) is 1.80. The standard InChI is InChI=1S/C10H11N3O/c14-5-3-9-7-12-10(13-9)8-2-1-4-11-6-8/h1-2,4,6-7,14H,3,5H2,(H,12,13). The van der Waals surface area contributed by atoms with Crippen molar-refractivity contribution < 1.29 is 5.11 Å². The van der Waals surface area contributed by atoms with Crippen molar-refractivity contribution >= 4 is 0 Å². The fourth-order valence-corrected chi connectivity index (χ4v) is 1.26. The van der Waals surface area contributed by atoms with Crippen LogP contribution in [0, 0.1) is 0 Å². The van der Waals surface area contributed by atoms with Gasteiger partial charge in [0.2, 0.25) is 0 Å². The molecule has 2 rings (SSSR count). The number of rotatable bonds is 3. The second kappa shape index (κ2) is 4.02. The van der Waals surface area contributed by atoms with E-state index in [9.17, 15) is 0 Å². The fourth-order valence-electron chi connectivity index (χ4n) is 1.26. The van der Waals surface area contributed by atoms with Crippen LogP contribution in [-0.2, 0) is 6.42 Å². The number of imidazole rings is 1. The number of hydrogen-bond acceptors (Lipinski definition) is 3. The number of H-pyrrole nitrogens is 1. The Morgan fingerprint density at radius 2 is 2.29 bits per heavy atom. The first-order valence-electron chi connectivity index (χ1n) is 4.45. The summed E-state index contributed by atoms with van der Waals surface area (Å²) in [6.45, 7) is 0.134. The molecule has 0 spiro atoms. The molecule has 0 saturated heterocycles. The number of nitrogens with zero attached hydrogens (tertiary/aromatic N) is 2. The minimum atomic E-state index is 0.134. The molecule has 72 valence electrons. The molecular formula is C10H11N3O. The van der Waals surface area contributed by atoms with Gasteiger partial charge in [-0.25, -0.2) is 4.98 Å². The summed E-state index contributed by atoms with van der Waals surface area (Å²) in [5.41, 5.74) is 1.89. The van der Waals surface area contributed by atoms with Gasteiger partial charge in [0.25, 0.3) is 0 Å². The number of pyridine rings is 1. The second-order valence-corrected chi connectivity index (χ2v) is 2.97. The van der Waals surface area contributed by atoms with E-state index in [4.69, 9.17) is 5.11 Å². The number of aliphatic hydroxyl groups excluding tert-OH is 1. The third-order valence-corrected chi connectivity index (χ3v) is 1.94. The number of hydrogen-bond donors (Lipinski definition) is 2. The Morgan fingerprint density at radius 1 is 1.36 bits per heavy atom. The van der Waals surface area contributed by atoms with Crippen LogP contribution >= 0.6 is 0 Å². The van der Waals surface area contributed by atoms with Gasteiger partial charge in [0.15, 0.2) is 0 Å². The van der Waals surface area contributed by atoms with Gasteiger partial charge in [0, 0.05) is 42.9 Å². The Kier molecular flexibility index (Phi) is 2.55. The Labute approximate surface area is 81.7 Å². The molecule has 4 heteroatoms. The molecule has 0 aromatic carbocycles. The first kappa shape index (κ1) is 8.90. The van der Waals surface area contributed by atoms with E-state index < -0.39 is 0 Å². The van der Waals surface area contributed by atoms with Gasteiger partial charge in [-0.1, -0.05) is 0 Å². The molecule has 0 fully saturated rings. The van der Waals surface area contributed by atoms with Crippen molar-refractivity contribution in [3.8, 4) is 11.4 Å². The van der Waals surface area contributed by atoms with Crippen molar-refractivity contribution in [3.63, 3.8) is 0 Å². The molecule has 0 bridgehead atoms. The van der Waals surface area contributed by atoms with E-state index in [1.165, 1.54) is 0 Å². The predicted octanol–water partition coefficient (Wildman–Crippen LogP) is 1.01. The van der Waals surface area contributed by atoms with Gasteiger partial charge in [0.1, 0.15) is 5.82 Å². The first-order valence-corrected chi connectivity index (χ1v) is 4.45. The lowest BCUT2D eigenvalue weighted by atomic mass is 10.3. The molecule has 2 aromatic rings. The van der Waals surface area contributed by atoms with Gasteiger partial charge >= 0.3 is 0 Å². The summed E-state index contributed by atoms with van der Waals surface area (Å²) in [6, 6.07) is 3.80. The Morgan fingerprint density at radius 3 is 3.00 bits per heavy atom. The van der Waals surface area contributed by atoms with Crippen LogP contribution in [-0.4, -0.2) is 26.7 Å². The third-order valence-electron chi connectivity index (χ3n) is 1.94. The summed E-state index contributed by atoms with van der Waals surface area (Å²) in [6.07, 6.45) is 5.81. The summed E-state index contributed by atoms with van der Waals surface area (Å²) in [7, 11) is 0. The maximum Gasteiger partial charge on any atom is 0.139 e. The van der Waals surface area contributed by atoms with E-state index in [-0.39, 0.29) is 6.61 Å². The molecule has 0 amide bonds. The average Bonchev–Trinajstić information content (AvgIpc) is 2.68. The molecule has 0 aliphatic heterocycles. The smallest absolute Gasteiger partial charge is 0.139 e. The minimum absolute atomic E-state index is 0.134. The Hall–Kier alpha value is -1.68. The van der Waals surface area contributed by atoms with Crippen molar-refractivity contribution in [2.45, 2.75) is 6.42 Å². The van der Waals surface area contributed by atoms with Gasteiger partial charge < -0.3 is 10.1 Å². The van der Waals surface area contributed by atoms with Gasteiger partial charge in [-0.15, -0.1) is 0 Å². The lowest BCUT2D eigenvalue weighted by Crippen LogP contribution is -1.90. The first-order chi connectivity index (χ1) is 6.90. The predicted molar refractivity (Wildman–Crippen MR) is 52.6 cm³/mol. The van der Waals surface area contributed by atoms with Crippen molar-refractivity contribution in [1.82, 2.24) is 15.0 Å². The van der Waals surface area contributed by atoms with Crippen molar-refractivity contribution in [2.24, 2.45) is 0 Å². The van der Waals surface area contributed by atoms with E-state index in [2.05, 4.69) is 15.0 Å². The lowest BCUT2D eigenvalue weighted by Gasteiger charge is -1.94. The van der Waals surface area contributed by atoms with Crippen molar-refractivity contribution in [1.29, 1.82) is 0 Å². The molecule has 4 nitrogen and oxygen atoms in total. The van der Waals surface area contributed by atoms with E-state index in [0.29, 0.717) is 6.42 Å². The Balaban J connectivity index is 2.25. The van der Waals surface area contributed by atoms with Gasteiger partial charge in [-0.3, -0.25) is 4.98 Å². The van der Waals surface area contributed by atoms with Crippen molar-refractivity contribution in [2.75, 3.05) is 6.61 Å². The normalized spacial score (nSPS) is 10.4. The van der Waals surface area contributed by atoms with Crippen LogP contribution in [0.25, 0.3) is 11.4 Å². The zero-order valence-electron chi connectivity index (χ0n) is 7.64. The molecule has 0 aliphatic rings. The molecule has 0 saturated carbocycles. The highest BCUT2D eigenvalue weighted by Gasteiger charge is 2.02. The molecule has 0 radical (unpaired) electrons. The van der Waals surface area contributed by atoms with Crippen LogP contribution in [0.15, 0.2) is 30.7 Å². The monoisotopic (exact) mass is 189 g/mol. The zero-order chi connectivity index (χ0) is 9.80. The van der Waals surface area contributed by atoms with E-state index >= 15 is 0 Å². The van der Waals surface area contributed by atoms with Gasteiger partial charge in [0.05, 0.1) is 0 Å². The lowest BCUT2D eigenvalue weighted by molar-refractivity contribution is 0.298. The second-order valence-electron chi connectivity index (χ2n) is 2.97. The van der Waals surface area contributed by atoms with Crippen LogP contribution < -0.4 is 0 Å². The molecule has 0 unspecified atom stereocenters. The molecule has 0 atom stereocenters. The van der Waals surface area contributed by atoms with Crippen LogP contribution in [0.5, 0.6) is 0 Å². The zero-order valence-corrected chi connectivity index (χ0v) is 7.64. The summed E-state index contributed by atoms with van der Waals surface area (Å²) in [5.74, 6) is 0.793. The van der Waals surface area contributed by atoms with Crippen LogP contribution in [0.1, 0.15) is 5.69 Å². The maximum absolute atomic E-state index is 8.74. The minimum Gasteiger partial charge on any atom is -0.396 e.